The van der Waals surface area contributed by atoms with Gasteiger partial charge in [-0.25, -0.2) is 0 Å². The van der Waals surface area contributed by atoms with Crippen molar-refractivity contribution in [2.75, 3.05) is 10.2 Å². The van der Waals surface area contributed by atoms with Crippen molar-refractivity contribution < 1.29 is 9.53 Å². The van der Waals surface area contributed by atoms with Crippen molar-refractivity contribution in [1.82, 2.24) is 0 Å². The molecule has 0 saturated heterocycles. The molecular weight excluding hydrogens is 362 g/mol. The zero-order chi connectivity index (χ0) is 20.4. The van der Waals surface area contributed by atoms with Gasteiger partial charge in [-0.2, -0.15) is 0 Å². The molecule has 1 aliphatic heterocycles. The minimum Gasteiger partial charge on any atom is -0.487 e. The Labute approximate surface area is 171 Å². The summed E-state index contributed by atoms with van der Waals surface area (Å²) in [6.45, 7) is 5.34. The number of nitrogens with one attached hydrogen (secondary N) is 1. The molecule has 0 fully saturated rings. The molecule has 4 rings (SSSR count). The lowest BCUT2D eigenvalue weighted by molar-refractivity contribution is 0.1000. The topological polar surface area (TPSA) is 67.6 Å². The molecule has 1 heterocycles. The van der Waals surface area contributed by atoms with Crippen LogP contribution >= 0.6 is 0 Å². The summed E-state index contributed by atoms with van der Waals surface area (Å²) in [7, 11) is 0. The van der Waals surface area contributed by atoms with E-state index in [9.17, 15) is 4.79 Å². The highest BCUT2D eigenvalue weighted by Crippen LogP contribution is 2.47. The maximum atomic E-state index is 12.0. The molecule has 1 amide bonds. The number of nitrogens with two attached hydrogens (primary N) is 1. The lowest BCUT2D eigenvalue weighted by Crippen LogP contribution is -2.44. The maximum Gasteiger partial charge on any atom is 0.248 e. The van der Waals surface area contributed by atoms with Gasteiger partial charge in [0.2, 0.25) is 5.91 Å². The Morgan fingerprint density at radius 1 is 1.00 bits per heavy atom. The predicted molar refractivity (Wildman–Crippen MR) is 116 cm³/mol. The molecule has 0 spiro atoms. The van der Waals surface area contributed by atoms with Crippen LogP contribution in [0.25, 0.3) is 0 Å². The van der Waals surface area contributed by atoms with E-state index in [0.29, 0.717) is 24.5 Å². The quantitative estimate of drug-likeness (QED) is 0.652. The van der Waals surface area contributed by atoms with Crippen molar-refractivity contribution in [2.24, 2.45) is 5.73 Å². The fourth-order valence-corrected chi connectivity index (χ4v) is 3.65. The van der Waals surface area contributed by atoms with Gasteiger partial charge in [0.25, 0.3) is 0 Å². The van der Waals surface area contributed by atoms with Crippen LogP contribution in [-0.4, -0.2) is 11.6 Å². The number of fused-ring (bicyclic) bond motifs is 1. The summed E-state index contributed by atoms with van der Waals surface area (Å²) in [4.78, 5) is 14.2. The zero-order valence-electron chi connectivity index (χ0n) is 16.7. The highest BCUT2D eigenvalue weighted by atomic mass is 16.5. The first-order chi connectivity index (χ1) is 13.9. The first-order valence-corrected chi connectivity index (χ1v) is 9.68. The van der Waals surface area contributed by atoms with Crippen molar-refractivity contribution in [3.63, 3.8) is 0 Å². The third kappa shape index (κ3) is 3.90. The van der Waals surface area contributed by atoms with Crippen LogP contribution in [-0.2, 0) is 13.2 Å². The SMILES string of the molecule is CC1(C)Nc2c(OCc3ccccc3)cc(C(N)=O)cc2N1Cc1ccccc1. The summed E-state index contributed by atoms with van der Waals surface area (Å²) in [6.07, 6.45) is 0. The monoisotopic (exact) mass is 387 g/mol. The fourth-order valence-electron chi connectivity index (χ4n) is 3.65. The zero-order valence-corrected chi connectivity index (χ0v) is 16.7. The number of hydrogen-bond donors (Lipinski definition) is 2. The first-order valence-electron chi connectivity index (χ1n) is 9.68. The lowest BCUT2D eigenvalue weighted by atomic mass is 10.1. The molecule has 0 saturated carbocycles. The Morgan fingerprint density at radius 2 is 1.62 bits per heavy atom. The number of carbonyl (C=O) groups excluding carboxylic acids is 1. The molecule has 0 radical (unpaired) electrons. The van der Waals surface area contributed by atoms with Crippen LogP contribution in [0.1, 0.15) is 35.3 Å². The van der Waals surface area contributed by atoms with Crippen LogP contribution in [0.3, 0.4) is 0 Å². The smallest absolute Gasteiger partial charge is 0.248 e. The largest absolute Gasteiger partial charge is 0.487 e. The Morgan fingerprint density at radius 3 is 2.24 bits per heavy atom. The number of primary amides is 1. The highest BCUT2D eigenvalue weighted by Gasteiger charge is 2.38. The van der Waals surface area contributed by atoms with Gasteiger partial charge in [0.15, 0.2) is 0 Å². The van der Waals surface area contributed by atoms with Gasteiger partial charge in [-0.15, -0.1) is 0 Å². The first kappa shape index (κ1) is 18.9. The summed E-state index contributed by atoms with van der Waals surface area (Å²) in [5.41, 5.74) is 9.75. The molecule has 5 nitrogen and oxygen atoms in total. The van der Waals surface area contributed by atoms with E-state index in [1.54, 1.807) is 6.07 Å². The van der Waals surface area contributed by atoms with Crippen molar-refractivity contribution in [2.45, 2.75) is 32.7 Å². The molecule has 29 heavy (non-hydrogen) atoms. The number of anilines is 2. The molecule has 3 aromatic carbocycles. The highest BCUT2D eigenvalue weighted by molar-refractivity contribution is 5.98. The second-order valence-electron chi connectivity index (χ2n) is 7.76. The Kier molecular flexibility index (Phi) is 4.89. The minimum atomic E-state index is -0.471. The molecule has 0 aromatic heterocycles. The number of rotatable bonds is 6. The van der Waals surface area contributed by atoms with Crippen molar-refractivity contribution in [3.05, 3.63) is 89.5 Å². The van der Waals surface area contributed by atoms with E-state index < -0.39 is 5.91 Å². The predicted octanol–water partition coefficient (Wildman–Crippen LogP) is 4.53. The Balaban J connectivity index is 1.71. The van der Waals surface area contributed by atoms with Crippen molar-refractivity contribution >= 4 is 17.3 Å². The number of nitrogens with zero attached hydrogens (tertiary/aromatic N) is 1. The van der Waals surface area contributed by atoms with Crippen LogP contribution in [0.4, 0.5) is 11.4 Å². The molecule has 0 bridgehead atoms. The number of hydrogen-bond acceptors (Lipinski definition) is 4. The maximum absolute atomic E-state index is 12.0. The number of benzene rings is 3. The molecule has 148 valence electrons. The van der Waals surface area contributed by atoms with Gasteiger partial charge in [-0.05, 0) is 37.1 Å². The third-order valence-corrected chi connectivity index (χ3v) is 5.18. The summed E-state index contributed by atoms with van der Waals surface area (Å²) >= 11 is 0. The molecule has 0 aliphatic carbocycles. The van der Waals surface area contributed by atoms with E-state index in [1.165, 1.54) is 5.56 Å². The van der Waals surface area contributed by atoms with Gasteiger partial charge in [-0.3, -0.25) is 4.79 Å². The number of ether oxygens (including phenoxy) is 1. The van der Waals surface area contributed by atoms with Gasteiger partial charge in [-0.1, -0.05) is 60.7 Å². The van der Waals surface area contributed by atoms with E-state index in [-0.39, 0.29) is 5.66 Å². The van der Waals surface area contributed by atoms with Crippen molar-refractivity contribution in [1.29, 1.82) is 0 Å². The summed E-state index contributed by atoms with van der Waals surface area (Å²) in [6, 6.07) is 23.8. The average Bonchev–Trinajstić information content (AvgIpc) is 2.97. The van der Waals surface area contributed by atoms with E-state index in [4.69, 9.17) is 10.5 Å². The molecular formula is C24H25N3O2. The van der Waals surface area contributed by atoms with E-state index in [2.05, 4.69) is 36.2 Å². The van der Waals surface area contributed by atoms with Crippen LogP contribution in [0, 0.1) is 0 Å². The van der Waals surface area contributed by atoms with E-state index in [1.807, 2.05) is 54.6 Å². The fraction of sp³-hybridized carbons (Fsp3) is 0.208. The van der Waals surface area contributed by atoms with Crippen LogP contribution in [0.2, 0.25) is 0 Å². The van der Waals surface area contributed by atoms with Crippen LogP contribution < -0.4 is 20.7 Å². The summed E-state index contributed by atoms with van der Waals surface area (Å²) in [5.74, 6) is 0.158. The summed E-state index contributed by atoms with van der Waals surface area (Å²) in [5, 5.41) is 3.56. The van der Waals surface area contributed by atoms with E-state index >= 15 is 0 Å². The molecule has 3 N–H and O–H groups in total. The van der Waals surface area contributed by atoms with Gasteiger partial charge in [0, 0.05) is 12.1 Å². The minimum absolute atomic E-state index is 0.348. The van der Waals surface area contributed by atoms with Crippen molar-refractivity contribution in [3.8, 4) is 5.75 Å². The standard InChI is InChI=1S/C24H25N3O2/c1-24(2)26-22-20(27(24)15-17-9-5-3-6-10-17)13-19(23(25)28)14-21(22)29-16-18-11-7-4-8-12-18/h3-14,26H,15-16H2,1-2H3,(H2,25,28). The van der Waals surface area contributed by atoms with Gasteiger partial charge < -0.3 is 20.7 Å². The lowest BCUT2D eigenvalue weighted by Gasteiger charge is -2.34. The second kappa shape index (κ2) is 7.51. The molecule has 3 aromatic rings. The summed E-state index contributed by atoms with van der Waals surface area (Å²) < 4.78 is 6.12. The Bertz CT molecular complexity index is 1020. The van der Waals surface area contributed by atoms with Crippen LogP contribution in [0.15, 0.2) is 72.8 Å². The number of carbonyl (C=O) groups is 1. The molecule has 5 heteroatoms. The normalized spacial score (nSPS) is 14.2. The van der Waals surface area contributed by atoms with Gasteiger partial charge >= 0.3 is 0 Å². The van der Waals surface area contributed by atoms with Gasteiger partial charge in [0.05, 0.1) is 5.69 Å². The molecule has 0 unspecified atom stereocenters. The molecule has 1 aliphatic rings. The van der Waals surface area contributed by atoms with Gasteiger partial charge in [0.1, 0.15) is 23.7 Å². The molecule has 0 atom stereocenters. The van der Waals surface area contributed by atoms with E-state index in [0.717, 1.165) is 16.9 Å². The Hall–Kier alpha value is -3.47. The third-order valence-electron chi connectivity index (χ3n) is 5.18. The van der Waals surface area contributed by atoms with Crippen LogP contribution in [0.5, 0.6) is 5.75 Å². The second-order valence-corrected chi connectivity index (χ2v) is 7.76. The number of amides is 1. The average molecular weight is 387 g/mol.